The Morgan fingerprint density at radius 2 is 1.69 bits per heavy atom. The molecule has 0 bridgehead atoms. The Balaban J connectivity index is 1.40. The first-order chi connectivity index (χ1) is 17.2. The third-order valence-corrected chi connectivity index (χ3v) is 6.01. The smallest absolute Gasteiger partial charge is 0.336 e. The molecule has 188 valence electrons. The van der Waals surface area contributed by atoms with E-state index in [2.05, 4.69) is 15.6 Å². The van der Waals surface area contributed by atoms with Gasteiger partial charge in [0.1, 0.15) is 0 Å². The summed E-state index contributed by atoms with van der Waals surface area (Å²) in [7, 11) is 1.89. The fraction of sp³-hybridized carbons (Fsp3) is 0.269. The Labute approximate surface area is 206 Å². The monoisotopic (exact) mass is 497 g/mol. The van der Waals surface area contributed by atoms with Crippen molar-refractivity contribution in [3.63, 3.8) is 0 Å². The van der Waals surface area contributed by atoms with Crippen LogP contribution in [0.15, 0.2) is 67.0 Å². The van der Waals surface area contributed by atoms with Gasteiger partial charge >= 0.3 is 12.2 Å². The van der Waals surface area contributed by atoms with Gasteiger partial charge in [0.25, 0.3) is 5.91 Å². The molecule has 3 amide bonds. The molecule has 3 aromatic rings. The topological polar surface area (TPSA) is 77.6 Å². The number of carbonyl (C=O) groups excluding carboxylic acids is 2. The number of piperazine rings is 1. The number of nitrogens with zero attached hydrogens (tertiary/aromatic N) is 3. The van der Waals surface area contributed by atoms with Crippen LogP contribution in [0.4, 0.5) is 23.7 Å². The Hall–Kier alpha value is -3.92. The summed E-state index contributed by atoms with van der Waals surface area (Å²) in [4.78, 5) is 32.6. The quantitative estimate of drug-likeness (QED) is 0.545. The van der Waals surface area contributed by atoms with Crippen molar-refractivity contribution in [2.75, 3.05) is 38.5 Å². The van der Waals surface area contributed by atoms with E-state index in [1.54, 1.807) is 12.4 Å². The van der Waals surface area contributed by atoms with Crippen LogP contribution in [0, 0.1) is 0 Å². The van der Waals surface area contributed by atoms with Gasteiger partial charge in [-0.25, -0.2) is 4.79 Å². The molecule has 1 aliphatic heterocycles. The Bertz CT molecular complexity index is 1210. The average molecular weight is 498 g/mol. The zero-order valence-corrected chi connectivity index (χ0v) is 19.7. The zero-order chi connectivity index (χ0) is 25.7. The van der Waals surface area contributed by atoms with Crippen molar-refractivity contribution >= 4 is 17.6 Å². The van der Waals surface area contributed by atoms with Gasteiger partial charge in [0, 0.05) is 50.8 Å². The van der Waals surface area contributed by atoms with E-state index in [0.29, 0.717) is 26.2 Å². The number of amides is 3. The second-order valence-corrected chi connectivity index (χ2v) is 8.60. The lowest BCUT2D eigenvalue weighted by molar-refractivity contribution is -0.138. The van der Waals surface area contributed by atoms with Gasteiger partial charge in [-0.1, -0.05) is 30.3 Å². The summed E-state index contributed by atoms with van der Waals surface area (Å²) in [6.45, 7) is 2.10. The number of anilines is 1. The highest BCUT2D eigenvalue weighted by molar-refractivity contribution is 5.97. The molecule has 36 heavy (non-hydrogen) atoms. The maximum absolute atomic E-state index is 13.8. The fourth-order valence-corrected chi connectivity index (χ4v) is 3.93. The van der Waals surface area contributed by atoms with Crippen LogP contribution in [0.25, 0.3) is 11.1 Å². The minimum Gasteiger partial charge on any atom is -0.336 e. The fourth-order valence-electron chi connectivity index (χ4n) is 3.93. The standard InChI is InChI=1S/C26H26F3N5O2/c1-33-11-13-34(14-12-33)24(35)22-9-8-21(15-23(22)26(27,28)29)32-25(36)31-16-18-4-6-19(7-5-18)20-3-2-10-30-17-20/h2-10,15,17H,11-14,16H2,1H3,(H2,31,32,36). The number of nitrogens with one attached hydrogen (secondary N) is 2. The molecule has 0 saturated carbocycles. The second-order valence-electron chi connectivity index (χ2n) is 8.60. The molecule has 4 rings (SSSR count). The van der Waals surface area contributed by atoms with E-state index in [4.69, 9.17) is 0 Å². The third-order valence-electron chi connectivity index (χ3n) is 6.01. The predicted molar refractivity (Wildman–Crippen MR) is 130 cm³/mol. The van der Waals surface area contributed by atoms with E-state index in [0.717, 1.165) is 28.8 Å². The highest BCUT2D eigenvalue weighted by Gasteiger charge is 2.37. The maximum Gasteiger partial charge on any atom is 0.417 e. The molecule has 0 aliphatic carbocycles. The highest BCUT2D eigenvalue weighted by Crippen LogP contribution is 2.34. The summed E-state index contributed by atoms with van der Waals surface area (Å²) in [5, 5.41) is 5.06. The van der Waals surface area contributed by atoms with Gasteiger partial charge in [-0.05, 0) is 48.0 Å². The number of benzene rings is 2. The van der Waals surface area contributed by atoms with Crippen molar-refractivity contribution < 1.29 is 22.8 Å². The molecule has 0 atom stereocenters. The zero-order valence-electron chi connectivity index (χ0n) is 19.7. The van der Waals surface area contributed by atoms with Gasteiger partial charge in [0.2, 0.25) is 0 Å². The minimum atomic E-state index is -4.75. The van der Waals surface area contributed by atoms with Crippen LogP contribution in [0.5, 0.6) is 0 Å². The summed E-state index contributed by atoms with van der Waals surface area (Å²) < 4.78 is 41.3. The van der Waals surface area contributed by atoms with Gasteiger partial charge < -0.3 is 20.4 Å². The Kier molecular flexibility index (Phi) is 7.54. The van der Waals surface area contributed by atoms with Crippen LogP contribution in [-0.4, -0.2) is 59.9 Å². The van der Waals surface area contributed by atoms with E-state index in [1.165, 1.54) is 11.0 Å². The van der Waals surface area contributed by atoms with E-state index in [9.17, 15) is 22.8 Å². The molecule has 0 unspecified atom stereocenters. The van der Waals surface area contributed by atoms with Gasteiger partial charge in [0.05, 0.1) is 11.1 Å². The SMILES string of the molecule is CN1CCN(C(=O)c2ccc(NC(=O)NCc3ccc(-c4cccnc4)cc3)cc2C(F)(F)F)CC1. The first-order valence-corrected chi connectivity index (χ1v) is 11.4. The first kappa shape index (κ1) is 25.2. The van der Waals surface area contributed by atoms with E-state index in [1.807, 2.05) is 48.3 Å². The number of urea groups is 1. The van der Waals surface area contributed by atoms with Crippen molar-refractivity contribution in [3.8, 4) is 11.1 Å². The van der Waals surface area contributed by atoms with Gasteiger partial charge in [-0.2, -0.15) is 13.2 Å². The van der Waals surface area contributed by atoms with E-state index < -0.39 is 29.2 Å². The molecule has 1 aromatic heterocycles. The molecule has 1 saturated heterocycles. The van der Waals surface area contributed by atoms with Gasteiger partial charge in [-0.3, -0.25) is 9.78 Å². The van der Waals surface area contributed by atoms with Crippen molar-refractivity contribution in [1.82, 2.24) is 20.1 Å². The van der Waals surface area contributed by atoms with Crippen LogP contribution in [0.2, 0.25) is 0 Å². The van der Waals surface area contributed by atoms with Crippen molar-refractivity contribution in [1.29, 1.82) is 0 Å². The molecule has 2 N–H and O–H groups in total. The molecule has 1 aliphatic rings. The lowest BCUT2D eigenvalue weighted by Gasteiger charge is -2.33. The minimum absolute atomic E-state index is 0.0540. The number of pyridine rings is 1. The molecular formula is C26H26F3N5O2. The van der Waals surface area contributed by atoms with Crippen LogP contribution >= 0.6 is 0 Å². The van der Waals surface area contributed by atoms with Crippen molar-refractivity contribution in [3.05, 3.63) is 83.7 Å². The average Bonchev–Trinajstić information content (AvgIpc) is 2.88. The summed E-state index contributed by atoms with van der Waals surface area (Å²) in [6.07, 6.45) is -1.31. The number of likely N-dealkylation sites (N-methyl/N-ethyl adjacent to an activating group) is 1. The van der Waals surface area contributed by atoms with E-state index >= 15 is 0 Å². The molecule has 0 spiro atoms. The lowest BCUT2D eigenvalue weighted by Crippen LogP contribution is -2.47. The largest absolute Gasteiger partial charge is 0.417 e. The lowest BCUT2D eigenvalue weighted by atomic mass is 10.0. The number of aromatic nitrogens is 1. The summed E-state index contributed by atoms with van der Waals surface area (Å²) in [5.41, 5.74) is 1.21. The van der Waals surface area contributed by atoms with Crippen LogP contribution < -0.4 is 10.6 Å². The van der Waals surface area contributed by atoms with Gasteiger partial charge in [0.15, 0.2) is 0 Å². The van der Waals surface area contributed by atoms with Crippen molar-refractivity contribution in [2.45, 2.75) is 12.7 Å². The number of halogens is 3. The highest BCUT2D eigenvalue weighted by atomic mass is 19.4. The molecule has 0 radical (unpaired) electrons. The molecule has 2 heterocycles. The molecule has 10 heteroatoms. The summed E-state index contributed by atoms with van der Waals surface area (Å²) in [6, 6.07) is 13.9. The third kappa shape index (κ3) is 6.19. The van der Waals surface area contributed by atoms with Crippen LogP contribution in [0.1, 0.15) is 21.5 Å². The first-order valence-electron chi connectivity index (χ1n) is 11.4. The van der Waals surface area contributed by atoms with Crippen LogP contribution in [-0.2, 0) is 12.7 Å². The normalized spacial score (nSPS) is 14.4. The number of carbonyl (C=O) groups is 2. The summed E-state index contributed by atoms with van der Waals surface area (Å²) >= 11 is 0. The number of rotatable bonds is 5. The number of alkyl halides is 3. The molecular weight excluding hydrogens is 471 g/mol. The van der Waals surface area contributed by atoms with Crippen LogP contribution in [0.3, 0.4) is 0 Å². The number of hydrogen-bond donors (Lipinski definition) is 2. The second kappa shape index (κ2) is 10.8. The summed E-state index contributed by atoms with van der Waals surface area (Å²) in [5.74, 6) is -0.666. The Morgan fingerprint density at radius 3 is 2.33 bits per heavy atom. The molecule has 2 aromatic carbocycles. The molecule has 1 fully saturated rings. The Morgan fingerprint density at radius 1 is 0.972 bits per heavy atom. The maximum atomic E-state index is 13.8. The predicted octanol–water partition coefficient (Wildman–Crippen LogP) is 4.48. The van der Waals surface area contributed by atoms with Gasteiger partial charge in [-0.15, -0.1) is 0 Å². The molecule has 7 nitrogen and oxygen atoms in total. The van der Waals surface area contributed by atoms with E-state index in [-0.39, 0.29) is 12.2 Å². The van der Waals surface area contributed by atoms with Crippen molar-refractivity contribution in [2.24, 2.45) is 0 Å². The number of hydrogen-bond acceptors (Lipinski definition) is 4.